The number of hydrogen-bond acceptors (Lipinski definition) is 8. The highest BCUT2D eigenvalue weighted by Gasteiger charge is 2.22. The number of aromatic nitrogens is 5. The fourth-order valence-corrected chi connectivity index (χ4v) is 3.28. The van der Waals surface area contributed by atoms with Crippen molar-refractivity contribution in [1.82, 2.24) is 35.5 Å². The van der Waals surface area contributed by atoms with Crippen molar-refractivity contribution in [3.05, 3.63) is 17.5 Å². The predicted octanol–water partition coefficient (Wildman–Crippen LogP) is 0.317. The van der Waals surface area contributed by atoms with E-state index in [0.717, 1.165) is 36.9 Å². The van der Waals surface area contributed by atoms with Crippen molar-refractivity contribution in [2.45, 2.75) is 29.7 Å². The summed E-state index contributed by atoms with van der Waals surface area (Å²) < 4.78 is 7.07. The van der Waals surface area contributed by atoms with Crippen LogP contribution in [0.3, 0.4) is 0 Å². The van der Waals surface area contributed by atoms with Gasteiger partial charge in [0.25, 0.3) is 11.7 Å². The summed E-state index contributed by atoms with van der Waals surface area (Å²) in [7, 11) is 3.49. The molecule has 1 atom stereocenters. The molecule has 0 unspecified atom stereocenters. The molecule has 2 N–H and O–H groups in total. The van der Waals surface area contributed by atoms with Gasteiger partial charge in [-0.05, 0) is 19.4 Å². The Balaban J connectivity index is 1.63. The molecule has 0 bridgehead atoms. The van der Waals surface area contributed by atoms with Crippen molar-refractivity contribution in [2.75, 3.05) is 20.1 Å². The number of nitrogens with zero attached hydrogens (tertiary/aromatic N) is 5. The van der Waals surface area contributed by atoms with E-state index in [1.54, 1.807) is 0 Å². The van der Waals surface area contributed by atoms with Gasteiger partial charge in [-0.2, -0.15) is 4.98 Å². The van der Waals surface area contributed by atoms with E-state index in [9.17, 15) is 4.79 Å². The van der Waals surface area contributed by atoms with Crippen LogP contribution in [0.2, 0.25) is 0 Å². The highest BCUT2D eigenvalue weighted by Crippen LogP contribution is 2.26. The molecule has 3 heterocycles. The fourth-order valence-electron chi connectivity index (χ4n) is 2.52. The van der Waals surface area contributed by atoms with Crippen molar-refractivity contribution in [2.24, 2.45) is 7.05 Å². The van der Waals surface area contributed by atoms with Gasteiger partial charge in [0.1, 0.15) is 5.82 Å². The van der Waals surface area contributed by atoms with Crippen LogP contribution in [-0.4, -0.2) is 50.9 Å². The van der Waals surface area contributed by atoms with Crippen molar-refractivity contribution in [3.63, 3.8) is 0 Å². The van der Waals surface area contributed by atoms with Crippen molar-refractivity contribution in [3.8, 4) is 0 Å². The van der Waals surface area contributed by atoms with Crippen LogP contribution in [-0.2, 0) is 12.8 Å². The molecule has 0 saturated carbocycles. The largest absolute Gasteiger partial charge is 0.352 e. The quantitative estimate of drug-likeness (QED) is 0.750. The topological polar surface area (TPSA) is 111 Å². The molecule has 0 spiro atoms. The minimum atomic E-state index is -0.365. The van der Waals surface area contributed by atoms with Gasteiger partial charge in [0.2, 0.25) is 5.89 Å². The molecule has 23 heavy (non-hydrogen) atoms. The van der Waals surface area contributed by atoms with Gasteiger partial charge in [0, 0.05) is 26.6 Å². The molecule has 1 saturated heterocycles. The maximum absolute atomic E-state index is 11.4. The van der Waals surface area contributed by atoms with Gasteiger partial charge in [-0.1, -0.05) is 16.9 Å². The SMILES string of the molecule is CNC(=O)c1noc(CSc2nnc([C@H]3CCCNC3)n2C)n1. The first-order chi connectivity index (χ1) is 11.2. The number of amides is 1. The Labute approximate surface area is 137 Å². The number of hydrogen-bond donors (Lipinski definition) is 2. The summed E-state index contributed by atoms with van der Waals surface area (Å²) in [4.78, 5) is 15.4. The lowest BCUT2D eigenvalue weighted by Crippen LogP contribution is -2.29. The third kappa shape index (κ3) is 3.53. The van der Waals surface area contributed by atoms with E-state index in [1.165, 1.54) is 18.8 Å². The van der Waals surface area contributed by atoms with Crippen LogP contribution in [0.4, 0.5) is 0 Å². The molecule has 10 heteroatoms. The third-order valence-electron chi connectivity index (χ3n) is 3.75. The van der Waals surface area contributed by atoms with Crippen molar-refractivity contribution < 1.29 is 9.32 Å². The molecule has 1 amide bonds. The molecule has 3 rings (SSSR count). The average Bonchev–Trinajstić information content (AvgIpc) is 3.20. The lowest BCUT2D eigenvalue weighted by atomic mass is 9.99. The van der Waals surface area contributed by atoms with Crippen LogP contribution in [0, 0.1) is 0 Å². The molecule has 0 radical (unpaired) electrons. The zero-order chi connectivity index (χ0) is 16.2. The molecule has 9 nitrogen and oxygen atoms in total. The van der Waals surface area contributed by atoms with Gasteiger partial charge in [0.05, 0.1) is 5.75 Å². The van der Waals surface area contributed by atoms with Crippen LogP contribution in [0.1, 0.15) is 41.1 Å². The van der Waals surface area contributed by atoms with E-state index in [0.29, 0.717) is 17.6 Å². The second-order valence-electron chi connectivity index (χ2n) is 5.32. The van der Waals surface area contributed by atoms with Crippen LogP contribution < -0.4 is 10.6 Å². The summed E-state index contributed by atoms with van der Waals surface area (Å²) in [5, 5.41) is 18.8. The minimum absolute atomic E-state index is 0.0371. The molecular formula is C13H19N7O2S. The van der Waals surface area contributed by atoms with Crippen LogP contribution in [0.15, 0.2) is 9.68 Å². The first kappa shape index (κ1) is 15.9. The van der Waals surface area contributed by atoms with Gasteiger partial charge in [0.15, 0.2) is 5.16 Å². The molecule has 124 valence electrons. The summed E-state index contributed by atoms with van der Waals surface area (Å²) in [5.41, 5.74) is 0. The zero-order valence-electron chi connectivity index (χ0n) is 13.1. The lowest BCUT2D eigenvalue weighted by Gasteiger charge is -2.21. The van der Waals surface area contributed by atoms with E-state index in [-0.39, 0.29) is 11.7 Å². The first-order valence-corrected chi connectivity index (χ1v) is 8.45. The normalized spacial score (nSPS) is 18.1. The first-order valence-electron chi connectivity index (χ1n) is 7.46. The third-order valence-corrected chi connectivity index (χ3v) is 4.76. The smallest absolute Gasteiger partial charge is 0.292 e. The second kappa shape index (κ2) is 7.09. The number of nitrogens with one attached hydrogen (secondary N) is 2. The second-order valence-corrected chi connectivity index (χ2v) is 6.27. The van der Waals surface area contributed by atoms with E-state index >= 15 is 0 Å². The number of thioether (sulfide) groups is 1. The molecule has 1 fully saturated rings. The van der Waals surface area contributed by atoms with E-state index in [2.05, 4.69) is 31.0 Å². The Kier molecular flexibility index (Phi) is 4.91. The summed E-state index contributed by atoms with van der Waals surface area (Å²) >= 11 is 1.46. The highest BCUT2D eigenvalue weighted by atomic mass is 32.2. The van der Waals surface area contributed by atoms with E-state index in [4.69, 9.17) is 4.52 Å². The molecule has 0 aromatic carbocycles. The highest BCUT2D eigenvalue weighted by molar-refractivity contribution is 7.98. The van der Waals surface area contributed by atoms with Gasteiger partial charge in [-0.3, -0.25) is 4.79 Å². The van der Waals surface area contributed by atoms with Crippen LogP contribution >= 0.6 is 11.8 Å². The maximum atomic E-state index is 11.4. The molecule has 1 aliphatic rings. The number of piperidine rings is 1. The van der Waals surface area contributed by atoms with Gasteiger partial charge < -0.3 is 19.7 Å². The Hall–Kier alpha value is -1.94. The van der Waals surface area contributed by atoms with E-state index in [1.807, 2.05) is 11.6 Å². The van der Waals surface area contributed by atoms with Crippen LogP contribution in [0.25, 0.3) is 0 Å². The predicted molar refractivity (Wildman–Crippen MR) is 83.1 cm³/mol. The maximum Gasteiger partial charge on any atom is 0.292 e. The van der Waals surface area contributed by atoms with Gasteiger partial charge in [-0.15, -0.1) is 10.2 Å². The molecule has 2 aromatic heterocycles. The summed E-state index contributed by atoms with van der Waals surface area (Å²) in [6.07, 6.45) is 2.28. The lowest BCUT2D eigenvalue weighted by molar-refractivity contribution is 0.0950. The minimum Gasteiger partial charge on any atom is -0.352 e. The number of rotatable bonds is 5. The summed E-state index contributed by atoms with van der Waals surface area (Å²) in [6, 6.07) is 0. The Bertz CT molecular complexity index is 678. The van der Waals surface area contributed by atoms with Crippen molar-refractivity contribution in [1.29, 1.82) is 0 Å². The summed E-state index contributed by atoms with van der Waals surface area (Å²) in [6.45, 7) is 2.01. The molecule has 2 aromatic rings. The van der Waals surface area contributed by atoms with Crippen molar-refractivity contribution >= 4 is 17.7 Å². The van der Waals surface area contributed by atoms with Crippen LogP contribution in [0.5, 0.6) is 0 Å². The Morgan fingerprint density at radius 1 is 1.52 bits per heavy atom. The fraction of sp³-hybridized carbons (Fsp3) is 0.615. The van der Waals surface area contributed by atoms with Gasteiger partial charge in [-0.25, -0.2) is 0 Å². The molecule has 0 aliphatic carbocycles. The average molecular weight is 337 g/mol. The number of carbonyl (C=O) groups is 1. The standard InChI is InChI=1S/C13H19N7O2S/c1-14-12(21)10-16-9(22-19-10)7-23-13-18-17-11(20(13)2)8-4-3-5-15-6-8/h8,15H,3-7H2,1-2H3,(H,14,21)/t8-/m0/s1. The molecular weight excluding hydrogens is 318 g/mol. The van der Waals surface area contributed by atoms with Gasteiger partial charge >= 0.3 is 0 Å². The summed E-state index contributed by atoms with van der Waals surface area (Å²) in [5.74, 6) is 1.90. The zero-order valence-corrected chi connectivity index (χ0v) is 13.9. The molecule has 1 aliphatic heterocycles. The number of carbonyl (C=O) groups excluding carboxylic acids is 1. The monoisotopic (exact) mass is 337 g/mol. The Morgan fingerprint density at radius 3 is 3.13 bits per heavy atom. The Morgan fingerprint density at radius 2 is 2.39 bits per heavy atom. The van der Waals surface area contributed by atoms with E-state index < -0.39 is 0 Å².